The minimum Gasteiger partial charge on any atom is -0.465 e. The molecule has 142 valence electrons. The zero-order chi connectivity index (χ0) is 18.9. The van der Waals surface area contributed by atoms with Gasteiger partial charge in [-0.05, 0) is 50.2 Å². The summed E-state index contributed by atoms with van der Waals surface area (Å²) in [7, 11) is 0. The van der Waals surface area contributed by atoms with Gasteiger partial charge >= 0.3 is 12.1 Å². The Bertz CT molecular complexity index is 734. The van der Waals surface area contributed by atoms with E-state index in [9.17, 15) is 9.59 Å². The number of aryl methyl sites for hydroxylation is 1. The Morgan fingerprint density at radius 3 is 2.65 bits per heavy atom. The average Bonchev–Trinajstić information content (AvgIpc) is 3.19. The monoisotopic (exact) mass is 420 g/mol. The van der Waals surface area contributed by atoms with E-state index in [1.54, 1.807) is 6.92 Å². The molecule has 0 aliphatic heterocycles. The minimum absolute atomic E-state index is 0.276. The van der Waals surface area contributed by atoms with Crippen LogP contribution in [0.5, 0.6) is 0 Å². The highest BCUT2D eigenvalue weighted by atomic mass is 35.6. The molecule has 1 atom stereocenters. The van der Waals surface area contributed by atoms with Gasteiger partial charge in [-0.15, -0.1) is 0 Å². The summed E-state index contributed by atoms with van der Waals surface area (Å²) in [6, 6.07) is 0. The van der Waals surface area contributed by atoms with E-state index in [0.717, 1.165) is 36.1 Å². The third-order valence-electron chi connectivity index (χ3n) is 4.54. The summed E-state index contributed by atoms with van der Waals surface area (Å²) in [6.45, 7) is 1.74. The van der Waals surface area contributed by atoms with Crippen LogP contribution in [0.1, 0.15) is 48.2 Å². The molecule has 0 radical (unpaired) electrons. The van der Waals surface area contributed by atoms with Gasteiger partial charge in [-0.2, -0.15) is 0 Å². The Morgan fingerprint density at radius 1 is 1.19 bits per heavy atom. The first kappa shape index (κ1) is 19.5. The van der Waals surface area contributed by atoms with Crippen molar-refractivity contribution >= 4 is 52.6 Å². The molecular formula is C17H19Cl3N2O4. The van der Waals surface area contributed by atoms with E-state index in [4.69, 9.17) is 49.3 Å². The smallest absolute Gasteiger partial charge is 0.411 e. The van der Waals surface area contributed by atoms with Crippen LogP contribution >= 0.6 is 34.8 Å². The lowest BCUT2D eigenvalue weighted by molar-refractivity contribution is -0.145. The molecule has 1 unspecified atom stereocenters. The number of aromatic nitrogens is 1. The molecule has 2 aliphatic carbocycles. The highest BCUT2D eigenvalue weighted by Crippen LogP contribution is 2.42. The Hall–Kier alpha value is -1.24. The van der Waals surface area contributed by atoms with E-state index in [-0.39, 0.29) is 12.6 Å². The summed E-state index contributed by atoms with van der Waals surface area (Å²) in [5, 5.41) is 2.78. The zero-order valence-electron chi connectivity index (χ0n) is 14.2. The average molecular weight is 422 g/mol. The van der Waals surface area contributed by atoms with Crippen molar-refractivity contribution in [3.63, 3.8) is 0 Å². The predicted molar refractivity (Wildman–Crippen MR) is 99.2 cm³/mol. The number of nitrogens with one attached hydrogen (secondary N) is 1. The van der Waals surface area contributed by atoms with E-state index in [0.29, 0.717) is 30.8 Å². The van der Waals surface area contributed by atoms with Gasteiger partial charge in [-0.3, -0.25) is 15.1 Å². The number of ether oxygens (including phenoxy) is 2. The van der Waals surface area contributed by atoms with Crippen LogP contribution in [0.25, 0.3) is 0 Å². The number of fused-ring (bicyclic) bond motifs is 2. The maximum absolute atomic E-state index is 12.2. The van der Waals surface area contributed by atoms with E-state index < -0.39 is 15.8 Å². The van der Waals surface area contributed by atoms with E-state index in [1.165, 1.54) is 0 Å². The summed E-state index contributed by atoms with van der Waals surface area (Å²) >= 11 is 16.8. The maximum Gasteiger partial charge on any atom is 0.411 e. The van der Waals surface area contributed by atoms with Gasteiger partial charge < -0.3 is 9.47 Å². The fourth-order valence-electron chi connectivity index (χ4n) is 3.52. The van der Waals surface area contributed by atoms with Gasteiger partial charge in [-0.1, -0.05) is 34.8 Å². The lowest BCUT2D eigenvalue weighted by atomic mass is 10.0. The summed E-state index contributed by atoms with van der Waals surface area (Å²) < 4.78 is 8.48. The van der Waals surface area contributed by atoms with Crippen molar-refractivity contribution in [1.82, 2.24) is 4.98 Å². The number of hydrogen-bond acceptors (Lipinski definition) is 5. The predicted octanol–water partition coefficient (Wildman–Crippen LogP) is 4.08. The second kappa shape index (κ2) is 7.79. The van der Waals surface area contributed by atoms with Gasteiger partial charge in [0.15, 0.2) is 0 Å². The van der Waals surface area contributed by atoms with Gasteiger partial charge in [0.25, 0.3) is 0 Å². The molecule has 0 bridgehead atoms. The summed E-state index contributed by atoms with van der Waals surface area (Å²) in [6.07, 6.45) is 3.14. The minimum atomic E-state index is -1.67. The largest absolute Gasteiger partial charge is 0.465 e. The van der Waals surface area contributed by atoms with Crippen LogP contribution in [0.4, 0.5) is 10.5 Å². The molecule has 0 fully saturated rings. The number of pyridine rings is 1. The molecule has 0 saturated heterocycles. The first-order valence-electron chi connectivity index (χ1n) is 8.51. The number of anilines is 1. The highest BCUT2D eigenvalue weighted by molar-refractivity contribution is 6.67. The second-order valence-electron chi connectivity index (χ2n) is 6.29. The molecule has 1 heterocycles. The molecule has 0 aromatic carbocycles. The number of amides is 1. The van der Waals surface area contributed by atoms with E-state index in [1.807, 2.05) is 0 Å². The lowest BCUT2D eigenvalue weighted by Crippen LogP contribution is -2.23. The number of nitrogens with zero attached hydrogens (tertiary/aromatic N) is 1. The van der Waals surface area contributed by atoms with Crippen molar-refractivity contribution in [3.05, 3.63) is 22.5 Å². The third kappa shape index (κ3) is 4.18. The normalized spacial score (nSPS) is 18.2. The standard InChI is InChI=1S/C17H19Cl3N2O4/c1-2-25-15(23)11-7-6-10-13(22-16(24)26-8-17(18,19)20)9-4-3-5-12(9)21-14(10)11/h11H,2-8H2,1H3,(H,21,22,24). The summed E-state index contributed by atoms with van der Waals surface area (Å²) in [5.74, 6) is -0.671. The molecule has 1 aromatic rings. The van der Waals surface area contributed by atoms with Gasteiger partial charge in [0, 0.05) is 5.69 Å². The van der Waals surface area contributed by atoms with Crippen molar-refractivity contribution < 1.29 is 19.1 Å². The van der Waals surface area contributed by atoms with Crippen LogP contribution in [0, 0.1) is 0 Å². The summed E-state index contributed by atoms with van der Waals surface area (Å²) in [5.41, 5.74) is 4.16. The van der Waals surface area contributed by atoms with Crippen molar-refractivity contribution in [1.29, 1.82) is 0 Å². The molecule has 3 rings (SSSR count). The second-order valence-corrected chi connectivity index (χ2v) is 8.81. The number of carbonyl (C=O) groups excluding carboxylic acids is 2. The van der Waals surface area contributed by atoms with E-state index >= 15 is 0 Å². The van der Waals surface area contributed by atoms with Gasteiger partial charge in [0.1, 0.15) is 6.61 Å². The fraction of sp³-hybridized carbons (Fsp3) is 0.588. The number of alkyl halides is 3. The first-order chi connectivity index (χ1) is 12.3. The van der Waals surface area contributed by atoms with Crippen molar-refractivity contribution in [2.24, 2.45) is 0 Å². The van der Waals surface area contributed by atoms with Gasteiger partial charge in [0.2, 0.25) is 3.79 Å². The fourth-order valence-corrected chi connectivity index (χ4v) is 3.68. The van der Waals surface area contributed by atoms with E-state index in [2.05, 4.69) is 5.32 Å². The SMILES string of the molecule is CCOC(=O)C1CCc2c1nc1c(c2NC(=O)OCC(Cl)(Cl)Cl)CCC1. The molecule has 26 heavy (non-hydrogen) atoms. The van der Waals surface area contributed by atoms with Crippen LogP contribution < -0.4 is 5.32 Å². The number of carbonyl (C=O) groups is 2. The first-order valence-corrected chi connectivity index (χ1v) is 9.65. The molecule has 0 saturated carbocycles. The lowest BCUT2D eigenvalue weighted by Gasteiger charge is -2.17. The number of hydrogen-bond donors (Lipinski definition) is 1. The number of rotatable bonds is 4. The zero-order valence-corrected chi connectivity index (χ0v) is 16.5. The molecule has 9 heteroatoms. The number of halogens is 3. The molecule has 6 nitrogen and oxygen atoms in total. The molecule has 1 N–H and O–H groups in total. The Kier molecular flexibility index (Phi) is 5.85. The highest BCUT2D eigenvalue weighted by Gasteiger charge is 2.36. The molecule has 1 aromatic heterocycles. The van der Waals surface area contributed by atoms with Gasteiger partial charge in [-0.25, -0.2) is 4.79 Å². The Balaban J connectivity index is 1.87. The van der Waals surface area contributed by atoms with Gasteiger partial charge in [0.05, 0.1) is 23.9 Å². The molecule has 1 amide bonds. The number of esters is 1. The van der Waals surface area contributed by atoms with Crippen LogP contribution in [-0.4, -0.2) is 34.1 Å². The topological polar surface area (TPSA) is 77.5 Å². The third-order valence-corrected chi connectivity index (χ3v) is 4.86. The van der Waals surface area contributed by atoms with Crippen molar-refractivity contribution in [2.45, 2.75) is 48.7 Å². The molecular weight excluding hydrogens is 403 g/mol. The van der Waals surface area contributed by atoms with Crippen LogP contribution in [0.15, 0.2) is 0 Å². The molecule has 2 aliphatic rings. The quantitative estimate of drug-likeness (QED) is 0.585. The Labute approximate surface area is 166 Å². The Morgan fingerprint density at radius 2 is 1.96 bits per heavy atom. The summed E-state index contributed by atoms with van der Waals surface area (Å²) in [4.78, 5) is 29.1. The molecule has 0 spiro atoms. The van der Waals surface area contributed by atoms with Crippen molar-refractivity contribution in [3.8, 4) is 0 Å². The van der Waals surface area contributed by atoms with Crippen LogP contribution in [-0.2, 0) is 33.5 Å². The van der Waals surface area contributed by atoms with Crippen molar-refractivity contribution in [2.75, 3.05) is 18.5 Å². The van der Waals surface area contributed by atoms with Crippen LogP contribution in [0.3, 0.4) is 0 Å². The maximum atomic E-state index is 12.2. The van der Waals surface area contributed by atoms with Crippen LogP contribution in [0.2, 0.25) is 0 Å².